The number of ether oxygens (including phenoxy) is 1. The Bertz CT molecular complexity index is 1030. The summed E-state index contributed by atoms with van der Waals surface area (Å²) in [5, 5.41) is 5.72. The van der Waals surface area contributed by atoms with Gasteiger partial charge in [-0.15, -0.1) is 0 Å². The number of benzene rings is 2. The minimum atomic E-state index is -4.59. The lowest BCUT2D eigenvalue weighted by molar-refractivity contribution is -0.137. The molecule has 0 aliphatic heterocycles. The summed E-state index contributed by atoms with van der Waals surface area (Å²) >= 11 is 0. The molecule has 5 nitrogen and oxygen atoms in total. The fourth-order valence-electron chi connectivity index (χ4n) is 3.01. The van der Waals surface area contributed by atoms with Crippen molar-refractivity contribution in [3.8, 4) is 5.75 Å². The average Bonchev–Trinajstić information content (AvgIpc) is 2.69. The van der Waals surface area contributed by atoms with Crippen LogP contribution in [0.4, 0.5) is 36.3 Å². The second kappa shape index (κ2) is 9.46. The Morgan fingerprint density at radius 1 is 0.875 bits per heavy atom. The van der Waals surface area contributed by atoms with Crippen molar-refractivity contribution < 1.29 is 17.9 Å². The smallest absolute Gasteiger partial charge is 0.421 e. The number of anilines is 4. The molecule has 1 heterocycles. The molecule has 0 unspecified atom stereocenters. The number of nitrogens with zero attached hydrogens (tertiary/aromatic N) is 2. The van der Waals surface area contributed by atoms with Gasteiger partial charge in [0.15, 0.2) is 0 Å². The molecule has 2 aromatic carbocycles. The van der Waals surface area contributed by atoms with E-state index >= 15 is 0 Å². The highest BCUT2D eigenvalue weighted by Crippen LogP contribution is 2.35. The molecule has 8 heteroatoms. The van der Waals surface area contributed by atoms with Gasteiger partial charge in [-0.3, -0.25) is 0 Å². The third kappa shape index (κ3) is 6.60. The molecule has 0 aliphatic rings. The number of aryl methyl sites for hydroxylation is 1. The Hall–Kier alpha value is -3.29. The third-order valence-corrected chi connectivity index (χ3v) is 4.38. The molecule has 0 spiro atoms. The van der Waals surface area contributed by atoms with E-state index in [1.807, 2.05) is 32.9 Å². The van der Waals surface area contributed by atoms with E-state index in [-0.39, 0.29) is 17.4 Å². The summed E-state index contributed by atoms with van der Waals surface area (Å²) in [7, 11) is 0. The number of halogens is 3. The predicted octanol–water partition coefficient (Wildman–Crippen LogP) is 7.11. The maximum atomic E-state index is 13.5. The third-order valence-electron chi connectivity index (χ3n) is 4.38. The van der Waals surface area contributed by atoms with Crippen molar-refractivity contribution in [2.24, 2.45) is 0 Å². The van der Waals surface area contributed by atoms with Crippen molar-refractivity contribution >= 4 is 23.1 Å². The molecule has 2 N–H and O–H groups in total. The quantitative estimate of drug-likeness (QED) is 0.407. The predicted molar refractivity (Wildman–Crippen MR) is 121 cm³/mol. The van der Waals surface area contributed by atoms with E-state index in [9.17, 15) is 13.2 Å². The lowest BCUT2D eigenvalue weighted by Crippen LogP contribution is -2.22. The SMILES string of the molecule is CCCc1ccc(Nc2nc(Nc3ccc(OC(C)(C)C)cc3)ncc2C(F)(F)F)cc1. The molecule has 0 atom stereocenters. The molecular weight excluding hydrogens is 417 g/mol. The van der Waals surface area contributed by atoms with E-state index in [2.05, 4.69) is 27.5 Å². The molecule has 0 fully saturated rings. The first-order valence-electron chi connectivity index (χ1n) is 10.4. The number of rotatable bonds is 7. The maximum Gasteiger partial charge on any atom is 0.421 e. The molecule has 3 rings (SSSR count). The van der Waals surface area contributed by atoms with Crippen LogP contribution in [0.5, 0.6) is 5.75 Å². The summed E-state index contributed by atoms with van der Waals surface area (Å²) in [5.74, 6) is 0.420. The van der Waals surface area contributed by atoms with Crippen molar-refractivity contribution in [2.45, 2.75) is 52.3 Å². The molecule has 0 saturated heterocycles. The van der Waals surface area contributed by atoms with E-state index in [1.165, 1.54) is 0 Å². The summed E-state index contributed by atoms with van der Waals surface area (Å²) in [6, 6.07) is 14.3. The van der Waals surface area contributed by atoms with Gasteiger partial charge in [0.2, 0.25) is 5.95 Å². The molecule has 170 valence electrons. The van der Waals surface area contributed by atoms with E-state index in [1.54, 1.807) is 36.4 Å². The van der Waals surface area contributed by atoms with Crippen LogP contribution < -0.4 is 15.4 Å². The first kappa shape index (κ1) is 23.4. The molecule has 32 heavy (non-hydrogen) atoms. The highest BCUT2D eigenvalue weighted by Gasteiger charge is 2.35. The van der Waals surface area contributed by atoms with Crippen molar-refractivity contribution in [1.29, 1.82) is 0 Å². The van der Waals surface area contributed by atoms with Gasteiger partial charge in [0.05, 0.1) is 0 Å². The second-order valence-corrected chi connectivity index (χ2v) is 8.39. The number of hydrogen-bond donors (Lipinski definition) is 2. The summed E-state index contributed by atoms with van der Waals surface area (Å²) < 4.78 is 46.3. The Kier molecular flexibility index (Phi) is 6.91. The monoisotopic (exact) mass is 444 g/mol. The van der Waals surface area contributed by atoms with Gasteiger partial charge in [-0.2, -0.15) is 18.2 Å². The van der Waals surface area contributed by atoms with E-state index in [0.29, 0.717) is 17.1 Å². The number of alkyl halides is 3. The van der Waals surface area contributed by atoms with Crippen LogP contribution in [-0.2, 0) is 12.6 Å². The summed E-state index contributed by atoms with van der Waals surface area (Å²) in [4.78, 5) is 7.94. The Morgan fingerprint density at radius 2 is 1.47 bits per heavy atom. The van der Waals surface area contributed by atoms with Gasteiger partial charge in [-0.1, -0.05) is 25.5 Å². The Morgan fingerprint density at radius 3 is 2.03 bits per heavy atom. The molecule has 1 aromatic heterocycles. The van der Waals surface area contributed by atoms with E-state index < -0.39 is 11.7 Å². The topological polar surface area (TPSA) is 59.1 Å². The summed E-state index contributed by atoms with van der Waals surface area (Å²) in [6.07, 6.45) is -1.90. The van der Waals surface area contributed by atoms with Crippen LogP contribution in [0.25, 0.3) is 0 Å². The van der Waals surface area contributed by atoms with Crippen LogP contribution in [0.2, 0.25) is 0 Å². The summed E-state index contributed by atoms with van der Waals surface area (Å²) in [6.45, 7) is 7.91. The van der Waals surface area contributed by atoms with Gasteiger partial charge in [0, 0.05) is 17.6 Å². The first-order valence-corrected chi connectivity index (χ1v) is 10.4. The van der Waals surface area contributed by atoms with Crippen molar-refractivity contribution in [3.63, 3.8) is 0 Å². The van der Waals surface area contributed by atoms with Crippen LogP contribution in [0.15, 0.2) is 54.7 Å². The largest absolute Gasteiger partial charge is 0.488 e. The van der Waals surface area contributed by atoms with Crippen LogP contribution in [0.1, 0.15) is 45.2 Å². The zero-order valence-corrected chi connectivity index (χ0v) is 18.5. The van der Waals surface area contributed by atoms with Crippen LogP contribution in [-0.4, -0.2) is 15.6 Å². The van der Waals surface area contributed by atoms with E-state index in [0.717, 1.165) is 24.6 Å². The van der Waals surface area contributed by atoms with Gasteiger partial charge >= 0.3 is 6.18 Å². The van der Waals surface area contributed by atoms with Crippen LogP contribution in [0.3, 0.4) is 0 Å². The Labute approximate surface area is 186 Å². The lowest BCUT2D eigenvalue weighted by Gasteiger charge is -2.21. The molecule has 0 bridgehead atoms. The minimum absolute atomic E-state index is 0.0487. The van der Waals surface area contributed by atoms with E-state index in [4.69, 9.17) is 4.74 Å². The van der Waals surface area contributed by atoms with Gasteiger partial charge in [-0.25, -0.2) is 4.98 Å². The van der Waals surface area contributed by atoms with Gasteiger partial charge < -0.3 is 15.4 Å². The molecule has 0 saturated carbocycles. The second-order valence-electron chi connectivity index (χ2n) is 8.39. The highest BCUT2D eigenvalue weighted by atomic mass is 19.4. The van der Waals surface area contributed by atoms with Crippen molar-refractivity contribution in [3.05, 3.63) is 65.9 Å². The molecule has 3 aromatic rings. The minimum Gasteiger partial charge on any atom is -0.488 e. The zero-order chi connectivity index (χ0) is 23.4. The fraction of sp³-hybridized carbons (Fsp3) is 0.333. The van der Waals surface area contributed by atoms with Gasteiger partial charge in [0.25, 0.3) is 0 Å². The lowest BCUT2D eigenvalue weighted by atomic mass is 10.1. The number of hydrogen-bond acceptors (Lipinski definition) is 5. The molecule has 0 radical (unpaired) electrons. The maximum absolute atomic E-state index is 13.5. The fourth-order valence-corrected chi connectivity index (χ4v) is 3.01. The van der Waals surface area contributed by atoms with Crippen molar-refractivity contribution in [2.75, 3.05) is 10.6 Å². The zero-order valence-electron chi connectivity index (χ0n) is 18.5. The molecule has 0 aliphatic carbocycles. The summed E-state index contributed by atoms with van der Waals surface area (Å²) in [5.41, 5.74) is 0.998. The van der Waals surface area contributed by atoms with Gasteiger partial charge in [0.1, 0.15) is 22.7 Å². The molecular formula is C24H27F3N4O. The van der Waals surface area contributed by atoms with Crippen LogP contribution >= 0.6 is 0 Å². The highest BCUT2D eigenvalue weighted by molar-refractivity contribution is 5.63. The van der Waals surface area contributed by atoms with Crippen LogP contribution in [0, 0.1) is 0 Å². The normalized spacial score (nSPS) is 11.8. The van der Waals surface area contributed by atoms with Crippen molar-refractivity contribution in [1.82, 2.24) is 9.97 Å². The Balaban J connectivity index is 1.82. The molecule has 0 amide bonds. The first-order chi connectivity index (χ1) is 15.0. The standard InChI is InChI=1S/C24H27F3N4O/c1-5-6-16-7-9-17(10-8-16)29-21-20(24(25,26)27)15-28-22(31-21)30-18-11-13-19(14-12-18)32-23(2,3)4/h7-15H,5-6H2,1-4H3,(H2,28,29,30,31). The number of aromatic nitrogens is 2. The number of nitrogens with one attached hydrogen (secondary N) is 2. The van der Waals surface area contributed by atoms with Gasteiger partial charge in [-0.05, 0) is 69.2 Å². The average molecular weight is 445 g/mol.